The number of Topliss-reactive ketones (excluding diaryl/α,β-unsaturated/α-hetero) is 1. The lowest BCUT2D eigenvalue weighted by atomic mass is 9.83. The van der Waals surface area contributed by atoms with Gasteiger partial charge in [-0.3, -0.25) is 9.59 Å². The molecule has 0 saturated carbocycles. The Bertz CT molecular complexity index is 275. The number of hydrogen-bond donors (Lipinski definition) is 2. The molecule has 1 amide bonds. The number of carbonyl (C=O) groups is 2. The average Bonchev–Trinajstić information content (AvgIpc) is 2.24. The molecule has 4 nitrogen and oxygen atoms in total. The molecule has 6 heteroatoms. The molecule has 18 heavy (non-hydrogen) atoms. The van der Waals surface area contributed by atoms with Gasteiger partial charge >= 0.3 is 0 Å². The van der Waals surface area contributed by atoms with Gasteiger partial charge in [0.15, 0.2) is 0 Å². The minimum atomic E-state index is -0.284. The average molecular weight is 272 g/mol. The summed E-state index contributed by atoms with van der Waals surface area (Å²) in [6, 6.07) is 0. The summed E-state index contributed by atoms with van der Waals surface area (Å²) in [5.74, 6) is -0.00234. The van der Waals surface area contributed by atoms with E-state index in [1.54, 1.807) is 11.8 Å². The van der Waals surface area contributed by atoms with Crippen molar-refractivity contribution in [3.63, 3.8) is 0 Å². The van der Waals surface area contributed by atoms with Gasteiger partial charge in [0.05, 0.1) is 11.4 Å². The fourth-order valence-corrected chi connectivity index (χ4v) is 2.69. The molecule has 0 aliphatic carbocycles. The molecule has 0 aromatic heterocycles. The van der Waals surface area contributed by atoms with Crippen molar-refractivity contribution in [2.45, 2.75) is 57.6 Å². The second kappa shape index (κ2) is 9.45. The molecule has 2 N–H and O–H groups in total. The third-order valence-corrected chi connectivity index (χ3v) is 3.51. The highest BCUT2D eigenvalue weighted by molar-refractivity contribution is 8.01. The molecule has 0 rings (SSSR count). The minimum absolute atomic E-state index is 0.0532. The zero-order valence-corrected chi connectivity index (χ0v) is 12.9. The van der Waals surface area contributed by atoms with E-state index in [9.17, 15) is 9.59 Å². The van der Waals surface area contributed by atoms with E-state index in [-0.39, 0.29) is 23.1 Å². The molecule has 0 fully saturated rings. The first-order valence-corrected chi connectivity index (χ1v) is 7.49. The van der Waals surface area contributed by atoms with E-state index in [0.717, 1.165) is 13.7 Å². The Kier molecular flexibility index (Phi) is 9.19. The van der Waals surface area contributed by atoms with Crippen LogP contribution in [0.2, 0.25) is 6.82 Å². The van der Waals surface area contributed by atoms with Crippen LogP contribution < -0.4 is 10.6 Å². The molecule has 0 aliphatic rings. The zero-order valence-electron chi connectivity index (χ0n) is 12.1. The van der Waals surface area contributed by atoms with Crippen molar-refractivity contribution < 1.29 is 9.59 Å². The summed E-state index contributed by atoms with van der Waals surface area (Å²) in [6.45, 7) is 9.58. The Morgan fingerprint density at radius 2 is 1.89 bits per heavy atom. The number of nitrogens with one attached hydrogen (secondary N) is 2. The molecule has 0 bridgehead atoms. The Labute approximate surface area is 115 Å². The number of thioether (sulfide) groups is 1. The van der Waals surface area contributed by atoms with Crippen molar-refractivity contribution in [2.24, 2.45) is 0 Å². The molecule has 2 atom stereocenters. The first kappa shape index (κ1) is 17.5. The summed E-state index contributed by atoms with van der Waals surface area (Å²) in [5.41, 5.74) is 0. The summed E-state index contributed by atoms with van der Waals surface area (Å²) < 4.78 is 0. The second-order valence-electron chi connectivity index (χ2n) is 4.76. The monoisotopic (exact) mass is 272 g/mol. The molecule has 2 unspecified atom stereocenters. The molecule has 0 heterocycles. The second-order valence-corrected chi connectivity index (χ2v) is 6.55. The van der Waals surface area contributed by atoms with Crippen LogP contribution in [0.25, 0.3) is 0 Å². The van der Waals surface area contributed by atoms with Crippen LogP contribution in [0.15, 0.2) is 0 Å². The fraction of sp³-hybridized carbons (Fsp3) is 0.833. The maximum Gasteiger partial charge on any atom is 0.234 e. The lowest BCUT2D eigenvalue weighted by molar-refractivity contribution is -0.124. The van der Waals surface area contributed by atoms with Crippen LogP contribution in [0.1, 0.15) is 34.1 Å². The van der Waals surface area contributed by atoms with Gasteiger partial charge in [-0.25, -0.2) is 0 Å². The van der Waals surface area contributed by atoms with Crippen LogP contribution in [0.5, 0.6) is 0 Å². The maximum atomic E-state index is 12.1. The first-order valence-electron chi connectivity index (χ1n) is 6.55. The van der Waals surface area contributed by atoms with Crippen molar-refractivity contribution in [3.8, 4) is 0 Å². The van der Waals surface area contributed by atoms with Gasteiger partial charge in [-0.2, -0.15) is 0 Å². The van der Waals surface area contributed by atoms with Gasteiger partial charge in [-0.15, -0.1) is 11.8 Å². The standard InChI is InChI=1S/C12H25BN2O2S/c1-8(2)18-11(6-9(3)16)12(17)15-10(4)14-7-13-5/h8,10-11,13-14H,6-7H2,1-5H3,(H,15,17). The molecule has 0 aliphatic heterocycles. The summed E-state index contributed by atoms with van der Waals surface area (Å²) >= 11 is 1.54. The molecule has 0 spiro atoms. The number of carbonyl (C=O) groups excluding carboxylic acids is 2. The van der Waals surface area contributed by atoms with E-state index >= 15 is 0 Å². The summed E-state index contributed by atoms with van der Waals surface area (Å²) in [6.07, 6.45) is 1.12. The topological polar surface area (TPSA) is 58.2 Å². The molecule has 0 aromatic rings. The SMILES string of the molecule is CBCNC(C)NC(=O)C(CC(C)=O)SC(C)C. The maximum absolute atomic E-state index is 12.1. The molecular formula is C12H25BN2O2S. The molecule has 0 saturated heterocycles. The predicted octanol–water partition coefficient (Wildman–Crippen LogP) is 0.970. The van der Waals surface area contributed by atoms with Gasteiger partial charge in [-0.1, -0.05) is 20.7 Å². The third kappa shape index (κ3) is 8.58. The van der Waals surface area contributed by atoms with E-state index in [1.807, 2.05) is 20.8 Å². The molecule has 0 aromatic carbocycles. The van der Waals surface area contributed by atoms with Crippen molar-refractivity contribution >= 4 is 30.7 Å². The number of rotatable bonds is 9. The third-order valence-electron chi connectivity index (χ3n) is 2.26. The van der Waals surface area contributed by atoms with Crippen LogP contribution in [0, 0.1) is 0 Å². The van der Waals surface area contributed by atoms with Crippen molar-refractivity contribution in [2.75, 3.05) is 6.44 Å². The zero-order chi connectivity index (χ0) is 14.1. The quantitative estimate of drug-likeness (QED) is 0.485. The van der Waals surface area contributed by atoms with Gasteiger partial charge in [0, 0.05) is 6.42 Å². The number of amides is 1. The summed E-state index contributed by atoms with van der Waals surface area (Å²) in [7, 11) is 1.03. The lowest BCUT2D eigenvalue weighted by Crippen LogP contribution is -2.47. The van der Waals surface area contributed by atoms with Crippen LogP contribution in [-0.2, 0) is 9.59 Å². The number of hydrogen-bond acceptors (Lipinski definition) is 4. The lowest BCUT2D eigenvalue weighted by Gasteiger charge is -2.21. The Hall–Kier alpha value is -0.485. The van der Waals surface area contributed by atoms with E-state index in [4.69, 9.17) is 0 Å². The summed E-state index contributed by atoms with van der Waals surface area (Å²) in [5, 5.41) is 6.15. The highest BCUT2D eigenvalue weighted by atomic mass is 32.2. The van der Waals surface area contributed by atoms with Crippen molar-refractivity contribution in [3.05, 3.63) is 0 Å². The first-order chi connectivity index (χ1) is 8.36. The van der Waals surface area contributed by atoms with E-state index in [2.05, 4.69) is 17.5 Å². The van der Waals surface area contributed by atoms with E-state index < -0.39 is 0 Å². The number of ketones is 1. The van der Waals surface area contributed by atoms with Crippen LogP contribution in [-0.4, -0.2) is 42.1 Å². The predicted molar refractivity (Wildman–Crippen MR) is 80.4 cm³/mol. The smallest absolute Gasteiger partial charge is 0.234 e. The van der Waals surface area contributed by atoms with Crippen molar-refractivity contribution in [1.82, 2.24) is 10.6 Å². The minimum Gasteiger partial charge on any atom is -0.340 e. The van der Waals surface area contributed by atoms with Gasteiger partial charge in [0.25, 0.3) is 0 Å². The van der Waals surface area contributed by atoms with Crippen LogP contribution in [0.4, 0.5) is 0 Å². The molecule has 0 radical (unpaired) electrons. The highest BCUT2D eigenvalue weighted by Crippen LogP contribution is 2.20. The summed E-state index contributed by atoms with van der Waals surface area (Å²) in [4.78, 5) is 23.3. The van der Waals surface area contributed by atoms with Gasteiger partial charge in [-0.05, 0) is 25.5 Å². The van der Waals surface area contributed by atoms with Crippen LogP contribution >= 0.6 is 11.8 Å². The van der Waals surface area contributed by atoms with E-state index in [0.29, 0.717) is 11.7 Å². The van der Waals surface area contributed by atoms with Gasteiger partial charge in [0.1, 0.15) is 13.1 Å². The Balaban J connectivity index is 4.31. The van der Waals surface area contributed by atoms with Gasteiger partial charge in [0.2, 0.25) is 5.91 Å². The largest absolute Gasteiger partial charge is 0.340 e. The normalized spacial score (nSPS) is 14.1. The van der Waals surface area contributed by atoms with Crippen LogP contribution in [0.3, 0.4) is 0 Å². The highest BCUT2D eigenvalue weighted by Gasteiger charge is 2.23. The Morgan fingerprint density at radius 3 is 2.33 bits per heavy atom. The van der Waals surface area contributed by atoms with Crippen molar-refractivity contribution in [1.29, 1.82) is 0 Å². The molecule has 104 valence electrons. The fourth-order valence-electron chi connectivity index (χ4n) is 1.51. The van der Waals surface area contributed by atoms with E-state index in [1.165, 1.54) is 6.92 Å². The van der Waals surface area contributed by atoms with Gasteiger partial charge < -0.3 is 10.6 Å². The Morgan fingerprint density at radius 1 is 1.28 bits per heavy atom. The molecular weight excluding hydrogens is 247 g/mol.